The Kier molecular flexibility index (Phi) is 5.70. The smallest absolute Gasteiger partial charge is 0.339 e. The van der Waals surface area contributed by atoms with Crippen LogP contribution in [0.15, 0.2) is 42.6 Å². The number of ether oxygens (including phenoxy) is 1. The summed E-state index contributed by atoms with van der Waals surface area (Å²) in [6.07, 6.45) is 1.34. The average molecular weight is 355 g/mol. The van der Waals surface area contributed by atoms with Gasteiger partial charge in [0.05, 0.1) is 30.7 Å². The van der Waals surface area contributed by atoms with Gasteiger partial charge in [0.25, 0.3) is 0 Å². The molecule has 1 aromatic heterocycles. The van der Waals surface area contributed by atoms with Crippen LogP contribution in [0.25, 0.3) is 0 Å². The fraction of sp³-hybridized carbons (Fsp3) is 0.200. The molecule has 0 unspecified atom stereocenters. The van der Waals surface area contributed by atoms with Crippen molar-refractivity contribution < 1.29 is 17.9 Å². The maximum atomic E-state index is 12.0. The molecule has 122 valence electrons. The molecule has 0 fully saturated rings. The van der Waals surface area contributed by atoms with Gasteiger partial charge in [-0.15, -0.1) is 0 Å². The number of pyridine rings is 1. The van der Waals surface area contributed by atoms with Gasteiger partial charge in [0.1, 0.15) is 0 Å². The largest absolute Gasteiger partial charge is 0.465 e. The third-order valence-corrected chi connectivity index (χ3v) is 4.50. The van der Waals surface area contributed by atoms with Crippen LogP contribution in [-0.4, -0.2) is 26.5 Å². The number of carbonyl (C=O) groups is 1. The first-order chi connectivity index (χ1) is 10.9. The minimum absolute atomic E-state index is 0.0321. The zero-order chi connectivity index (χ0) is 16.9. The molecule has 0 saturated carbocycles. The standard InChI is InChI=1S/C15H15ClN2O4S/c1-22-15(19)12-5-6-14(17-8-12)9-18-23(20,21)10-11-3-2-4-13(16)7-11/h2-8,18H,9-10H2,1H3. The first-order valence-electron chi connectivity index (χ1n) is 6.64. The van der Waals surface area contributed by atoms with E-state index >= 15 is 0 Å². The Morgan fingerprint density at radius 1 is 1.30 bits per heavy atom. The topological polar surface area (TPSA) is 85.4 Å². The van der Waals surface area contributed by atoms with Crippen LogP contribution in [0.1, 0.15) is 21.6 Å². The average Bonchev–Trinajstić information content (AvgIpc) is 2.52. The Balaban J connectivity index is 1.97. The summed E-state index contributed by atoms with van der Waals surface area (Å²) in [6, 6.07) is 9.75. The van der Waals surface area contributed by atoms with E-state index in [1.807, 2.05) is 0 Å². The Morgan fingerprint density at radius 2 is 2.09 bits per heavy atom. The summed E-state index contributed by atoms with van der Waals surface area (Å²) < 4.78 is 31.1. The van der Waals surface area contributed by atoms with Crippen molar-refractivity contribution in [2.24, 2.45) is 0 Å². The number of sulfonamides is 1. The van der Waals surface area contributed by atoms with Crippen molar-refractivity contribution in [2.75, 3.05) is 7.11 Å². The minimum atomic E-state index is -3.52. The van der Waals surface area contributed by atoms with Gasteiger partial charge in [-0.05, 0) is 29.8 Å². The molecule has 0 aliphatic carbocycles. The van der Waals surface area contributed by atoms with E-state index in [4.69, 9.17) is 11.6 Å². The number of halogens is 1. The number of rotatable bonds is 6. The summed E-state index contributed by atoms with van der Waals surface area (Å²) in [6.45, 7) is 0.0321. The molecule has 2 aromatic rings. The number of esters is 1. The van der Waals surface area contributed by atoms with Crippen LogP contribution in [0, 0.1) is 0 Å². The molecule has 0 aliphatic rings. The molecule has 0 aliphatic heterocycles. The van der Waals surface area contributed by atoms with Crippen LogP contribution in [0.4, 0.5) is 0 Å². The zero-order valence-corrected chi connectivity index (χ0v) is 13.9. The highest BCUT2D eigenvalue weighted by molar-refractivity contribution is 7.88. The van der Waals surface area contributed by atoms with E-state index in [9.17, 15) is 13.2 Å². The SMILES string of the molecule is COC(=O)c1ccc(CNS(=O)(=O)Cc2cccc(Cl)c2)nc1. The van der Waals surface area contributed by atoms with Crippen molar-refractivity contribution in [1.29, 1.82) is 0 Å². The predicted molar refractivity (Wildman–Crippen MR) is 86.5 cm³/mol. The highest BCUT2D eigenvalue weighted by Crippen LogP contribution is 2.13. The second-order valence-corrected chi connectivity index (χ2v) is 6.98. The van der Waals surface area contributed by atoms with E-state index < -0.39 is 16.0 Å². The molecular weight excluding hydrogens is 340 g/mol. The third-order valence-electron chi connectivity index (χ3n) is 2.96. The Hall–Kier alpha value is -1.96. The highest BCUT2D eigenvalue weighted by Gasteiger charge is 2.12. The number of hydrogen-bond acceptors (Lipinski definition) is 5. The number of aromatic nitrogens is 1. The molecule has 1 aromatic carbocycles. The van der Waals surface area contributed by atoms with Gasteiger partial charge in [-0.2, -0.15) is 0 Å². The van der Waals surface area contributed by atoms with Crippen molar-refractivity contribution in [3.8, 4) is 0 Å². The maximum Gasteiger partial charge on any atom is 0.339 e. The summed E-state index contributed by atoms with van der Waals surface area (Å²) in [5, 5.41) is 0.484. The lowest BCUT2D eigenvalue weighted by Crippen LogP contribution is -2.25. The van der Waals surface area contributed by atoms with E-state index in [0.717, 1.165) is 0 Å². The number of benzene rings is 1. The molecule has 0 saturated heterocycles. The summed E-state index contributed by atoms with van der Waals surface area (Å²) >= 11 is 5.84. The van der Waals surface area contributed by atoms with Crippen LogP contribution in [0.5, 0.6) is 0 Å². The molecule has 6 nitrogen and oxygen atoms in total. The van der Waals surface area contributed by atoms with Crippen LogP contribution in [0.3, 0.4) is 0 Å². The molecule has 0 amide bonds. The van der Waals surface area contributed by atoms with Crippen LogP contribution < -0.4 is 4.72 Å². The summed E-state index contributed by atoms with van der Waals surface area (Å²) in [5.41, 5.74) is 1.39. The molecule has 0 atom stereocenters. The third kappa shape index (κ3) is 5.31. The van der Waals surface area contributed by atoms with E-state index in [-0.39, 0.29) is 12.3 Å². The lowest BCUT2D eigenvalue weighted by atomic mass is 10.2. The number of nitrogens with one attached hydrogen (secondary N) is 1. The highest BCUT2D eigenvalue weighted by atomic mass is 35.5. The van der Waals surface area contributed by atoms with Gasteiger partial charge in [-0.25, -0.2) is 17.9 Å². The first-order valence-corrected chi connectivity index (χ1v) is 8.68. The lowest BCUT2D eigenvalue weighted by molar-refractivity contribution is 0.0600. The number of methoxy groups -OCH3 is 1. The van der Waals surface area contributed by atoms with Crippen LogP contribution >= 0.6 is 11.6 Å². The van der Waals surface area contributed by atoms with E-state index in [0.29, 0.717) is 21.8 Å². The van der Waals surface area contributed by atoms with Crippen molar-refractivity contribution in [3.05, 3.63) is 64.4 Å². The van der Waals surface area contributed by atoms with Crippen molar-refractivity contribution in [3.63, 3.8) is 0 Å². The van der Waals surface area contributed by atoms with Crippen LogP contribution in [-0.2, 0) is 27.1 Å². The normalized spacial score (nSPS) is 11.2. The van der Waals surface area contributed by atoms with Gasteiger partial charge < -0.3 is 4.74 Å². The van der Waals surface area contributed by atoms with Gasteiger partial charge in [0, 0.05) is 11.2 Å². The molecule has 0 radical (unpaired) electrons. The molecule has 1 N–H and O–H groups in total. The molecule has 8 heteroatoms. The van der Waals surface area contributed by atoms with Crippen molar-refractivity contribution >= 4 is 27.6 Å². The zero-order valence-electron chi connectivity index (χ0n) is 12.3. The van der Waals surface area contributed by atoms with Crippen LogP contribution in [0.2, 0.25) is 5.02 Å². The Labute approximate surface area is 139 Å². The molecule has 23 heavy (non-hydrogen) atoms. The molecular formula is C15H15ClN2O4S. The van der Waals surface area contributed by atoms with Gasteiger partial charge in [-0.3, -0.25) is 4.98 Å². The number of nitrogens with zero attached hydrogens (tertiary/aromatic N) is 1. The fourth-order valence-electron chi connectivity index (χ4n) is 1.85. The molecule has 0 bridgehead atoms. The van der Waals surface area contributed by atoms with Gasteiger partial charge >= 0.3 is 5.97 Å². The second kappa shape index (κ2) is 7.54. The monoisotopic (exact) mass is 354 g/mol. The fourth-order valence-corrected chi connectivity index (χ4v) is 3.15. The quantitative estimate of drug-likeness (QED) is 0.803. The van der Waals surface area contributed by atoms with Gasteiger partial charge in [0.15, 0.2) is 0 Å². The number of carbonyl (C=O) groups excluding carboxylic acids is 1. The lowest BCUT2D eigenvalue weighted by Gasteiger charge is -2.07. The van der Waals surface area contributed by atoms with E-state index in [2.05, 4.69) is 14.4 Å². The van der Waals surface area contributed by atoms with E-state index in [1.54, 1.807) is 30.3 Å². The van der Waals surface area contributed by atoms with E-state index in [1.165, 1.54) is 19.4 Å². The second-order valence-electron chi connectivity index (χ2n) is 4.74. The maximum absolute atomic E-state index is 12.0. The molecule has 0 spiro atoms. The summed E-state index contributed by atoms with van der Waals surface area (Å²) in [4.78, 5) is 15.3. The Bertz CT molecular complexity index is 791. The number of hydrogen-bond donors (Lipinski definition) is 1. The van der Waals surface area contributed by atoms with Gasteiger partial charge in [-0.1, -0.05) is 23.7 Å². The Morgan fingerprint density at radius 3 is 2.70 bits per heavy atom. The van der Waals surface area contributed by atoms with Gasteiger partial charge in [0.2, 0.25) is 10.0 Å². The first kappa shape index (κ1) is 17.4. The van der Waals surface area contributed by atoms with Crippen molar-refractivity contribution in [2.45, 2.75) is 12.3 Å². The summed E-state index contributed by atoms with van der Waals surface area (Å²) in [5.74, 6) is -0.668. The summed E-state index contributed by atoms with van der Waals surface area (Å²) in [7, 11) is -2.24. The van der Waals surface area contributed by atoms with Crippen molar-refractivity contribution in [1.82, 2.24) is 9.71 Å². The predicted octanol–water partition coefficient (Wildman–Crippen LogP) is 2.14. The molecule has 2 rings (SSSR count). The molecule has 1 heterocycles. The minimum Gasteiger partial charge on any atom is -0.465 e.